The summed E-state index contributed by atoms with van der Waals surface area (Å²) in [6, 6.07) is 8.35. The Labute approximate surface area is 181 Å². The van der Waals surface area contributed by atoms with Crippen molar-refractivity contribution in [2.45, 2.75) is 64.3 Å². The van der Waals surface area contributed by atoms with E-state index in [1.54, 1.807) is 0 Å². The van der Waals surface area contributed by atoms with E-state index in [9.17, 15) is 9.59 Å². The summed E-state index contributed by atoms with van der Waals surface area (Å²) >= 11 is 0. The van der Waals surface area contributed by atoms with E-state index in [-0.39, 0.29) is 29.6 Å². The number of amides is 2. The normalized spacial score (nSPS) is 18.8. The lowest BCUT2D eigenvalue weighted by molar-refractivity contribution is -0.123. The van der Waals surface area contributed by atoms with E-state index >= 15 is 0 Å². The first-order valence-electron chi connectivity index (χ1n) is 10.7. The van der Waals surface area contributed by atoms with E-state index in [1.807, 2.05) is 17.0 Å². The number of rotatable bonds is 4. The van der Waals surface area contributed by atoms with Gasteiger partial charge in [0.15, 0.2) is 0 Å². The van der Waals surface area contributed by atoms with Gasteiger partial charge in [-0.2, -0.15) is 0 Å². The van der Waals surface area contributed by atoms with Gasteiger partial charge in [0.05, 0.1) is 6.54 Å². The van der Waals surface area contributed by atoms with Crippen molar-refractivity contribution >= 4 is 24.2 Å². The molecule has 2 fully saturated rings. The quantitative estimate of drug-likeness (QED) is 0.807. The van der Waals surface area contributed by atoms with Crippen molar-refractivity contribution in [3.05, 3.63) is 35.4 Å². The molecule has 2 amide bonds. The number of piperazine rings is 1. The van der Waals surface area contributed by atoms with Crippen LogP contribution in [0, 0.1) is 0 Å². The molecular formula is C23H36ClN3O2. The molecule has 0 unspecified atom stereocenters. The van der Waals surface area contributed by atoms with E-state index in [0.717, 1.165) is 31.5 Å². The maximum absolute atomic E-state index is 12.8. The minimum atomic E-state index is 0. The second-order valence-electron chi connectivity index (χ2n) is 9.30. The topological polar surface area (TPSA) is 52.7 Å². The molecule has 2 aliphatic rings. The van der Waals surface area contributed by atoms with Crippen molar-refractivity contribution in [2.75, 3.05) is 32.7 Å². The molecule has 1 saturated carbocycles. The standard InChI is InChI=1S/C23H35N3O2.ClH/c1-23(2,3)19-11-9-18(10-12-19)22(28)26-15-13-25(14-16-26)17-21(27)24-20-7-5-4-6-8-20;/h9-12,20H,4-8,13-17H2,1-3H3,(H,24,27);1H. The van der Waals surface area contributed by atoms with Crippen molar-refractivity contribution in [3.63, 3.8) is 0 Å². The van der Waals surface area contributed by atoms with Crippen LogP contribution in [0.5, 0.6) is 0 Å². The van der Waals surface area contributed by atoms with E-state index < -0.39 is 0 Å². The fraction of sp³-hybridized carbons (Fsp3) is 0.652. The Morgan fingerprint density at radius 1 is 0.966 bits per heavy atom. The molecule has 1 aliphatic heterocycles. The van der Waals surface area contributed by atoms with Gasteiger partial charge >= 0.3 is 0 Å². The van der Waals surface area contributed by atoms with E-state index in [0.29, 0.717) is 25.7 Å². The third kappa shape index (κ3) is 6.71. The van der Waals surface area contributed by atoms with Crippen LogP contribution < -0.4 is 5.32 Å². The highest BCUT2D eigenvalue weighted by Gasteiger charge is 2.24. The lowest BCUT2D eigenvalue weighted by Gasteiger charge is -2.35. The summed E-state index contributed by atoms with van der Waals surface area (Å²) in [7, 11) is 0. The maximum atomic E-state index is 12.8. The second-order valence-corrected chi connectivity index (χ2v) is 9.30. The first-order valence-corrected chi connectivity index (χ1v) is 10.7. The molecule has 29 heavy (non-hydrogen) atoms. The highest BCUT2D eigenvalue weighted by Crippen LogP contribution is 2.22. The molecule has 0 bridgehead atoms. The SMILES string of the molecule is CC(C)(C)c1ccc(C(=O)N2CCN(CC(=O)NC3CCCCC3)CC2)cc1.Cl. The Hall–Kier alpha value is -1.59. The minimum absolute atomic E-state index is 0. The molecule has 162 valence electrons. The highest BCUT2D eigenvalue weighted by atomic mass is 35.5. The lowest BCUT2D eigenvalue weighted by Crippen LogP contribution is -2.52. The second kappa shape index (κ2) is 10.4. The predicted molar refractivity (Wildman–Crippen MR) is 120 cm³/mol. The molecule has 1 aromatic rings. The Morgan fingerprint density at radius 2 is 1.55 bits per heavy atom. The number of halogens is 1. The fourth-order valence-corrected chi connectivity index (χ4v) is 4.13. The van der Waals surface area contributed by atoms with Crippen molar-refractivity contribution in [1.82, 2.24) is 15.1 Å². The van der Waals surface area contributed by atoms with Crippen LogP contribution in [0.1, 0.15) is 68.8 Å². The number of nitrogens with zero attached hydrogens (tertiary/aromatic N) is 2. The smallest absolute Gasteiger partial charge is 0.253 e. The molecule has 1 aliphatic carbocycles. The molecule has 0 spiro atoms. The van der Waals surface area contributed by atoms with E-state index in [4.69, 9.17) is 0 Å². The fourth-order valence-electron chi connectivity index (χ4n) is 4.13. The van der Waals surface area contributed by atoms with Gasteiger partial charge in [-0.05, 0) is 36.0 Å². The molecule has 5 nitrogen and oxygen atoms in total. The van der Waals surface area contributed by atoms with Gasteiger partial charge in [0, 0.05) is 37.8 Å². The molecule has 3 rings (SSSR count). The minimum Gasteiger partial charge on any atom is -0.352 e. The molecular weight excluding hydrogens is 386 g/mol. The van der Waals surface area contributed by atoms with Gasteiger partial charge in [0.1, 0.15) is 0 Å². The zero-order valence-electron chi connectivity index (χ0n) is 18.1. The Kier molecular flexibility index (Phi) is 8.53. The average molecular weight is 422 g/mol. The summed E-state index contributed by atoms with van der Waals surface area (Å²) in [6.07, 6.45) is 5.97. The molecule has 1 N–H and O–H groups in total. The molecule has 1 heterocycles. The van der Waals surface area contributed by atoms with Crippen LogP contribution in [-0.2, 0) is 10.2 Å². The van der Waals surface area contributed by atoms with Gasteiger partial charge in [-0.25, -0.2) is 0 Å². The van der Waals surface area contributed by atoms with Crippen LogP contribution in [0.4, 0.5) is 0 Å². The van der Waals surface area contributed by atoms with Gasteiger partial charge in [-0.3, -0.25) is 14.5 Å². The van der Waals surface area contributed by atoms with Gasteiger partial charge in [-0.1, -0.05) is 52.2 Å². The average Bonchev–Trinajstić information content (AvgIpc) is 2.68. The van der Waals surface area contributed by atoms with Crippen molar-refractivity contribution in [2.24, 2.45) is 0 Å². The Morgan fingerprint density at radius 3 is 2.10 bits per heavy atom. The summed E-state index contributed by atoms with van der Waals surface area (Å²) in [4.78, 5) is 29.1. The number of nitrogens with one attached hydrogen (secondary N) is 1. The number of hydrogen-bond acceptors (Lipinski definition) is 3. The van der Waals surface area contributed by atoms with Crippen LogP contribution in [-0.4, -0.2) is 60.4 Å². The summed E-state index contributed by atoms with van der Waals surface area (Å²) < 4.78 is 0. The Bertz CT molecular complexity index is 670. The summed E-state index contributed by atoms with van der Waals surface area (Å²) in [5.41, 5.74) is 2.07. The van der Waals surface area contributed by atoms with Crippen LogP contribution in [0.2, 0.25) is 0 Å². The van der Waals surface area contributed by atoms with Gasteiger partial charge < -0.3 is 10.2 Å². The predicted octanol–water partition coefficient (Wildman–Crippen LogP) is 3.61. The molecule has 0 atom stereocenters. The zero-order chi connectivity index (χ0) is 20.1. The van der Waals surface area contributed by atoms with Crippen LogP contribution >= 0.6 is 12.4 Å². The number of benzene rings is 1. The van der Waals surface area contributed by atoms with Gasteiger partial charge in [0.2, 0.25) is 5.91 Å². The molecule has 0 aromatic heterocycles. The highest BCUT2D eigenvalue weighted by molar-refractivity contribution is 5.94. The third-order valence-electron chi connectivity index (χ3n) is 5.99. The Balaban J connectivity index is 0.00000300. The summed E-state index contributed by atoms with van der Waals surface area (Å²) in [5, 5.41) is 3.18. The first-order chi connectivity index (χ1) is 13.3. The largest absolute Gasteiger partial charge is 0.352 e. The monoisotopic (exact) mass is 421 g/mol. The molecule has 1 saturated heterocycles. The first kappa shape index (κ1) is 23.7. The van der Waals surface area contributed by atoms with Gasteiger partial charge in [0.25, 0.3) is 5.91 Å². The summed E-state index contributed by atoms with van der Waals surface area (Å²) in [5.74, 6) is 0.219. The number of carbonyl (C=O) groups excluding carboxylic acids is 2. The van der Waals surface area contributed by atoms with Crippen LogP contribution in [0.25, 0.3) is 0 Å². The van der Waals surface area contributed by atoms with E-state index in [1.165, 1.54) is 24.8 Å². The lowest BCUT2D eigenvalue weighted by atomic mass is 9.86. The molecule has 0 radical (unpaired) electrons. The van der Waals surface area contributed by atoms with Gasteiger partial charge in [-0.15, -0.1) is 12.4 Å². The zero-order valence-corrected chi connectivity index (χ0v) is 18.9. The van der Waals surface area contributed by atoms with Crippen molar-refractivity contribution in [1.29, 1.82) is 0 Å². The third-order valence-corrected chi connectivity index (χ3v) is 5.99. The molecule has 1 aromatic carbocycles. The van der Waals surface area contributed by atoms with Crippen molar-refractivity contribution in [3.8, 4) is 0 Å². The molecule has 6 heteroatoms. The summed E-state index contributed by atoms with van der Waals surface area (Å²) in [6.45, 7) is 9.83. The van der Waals surface area contributed by atoms with Crippen LogP contribution in [0.15, 0.2) is 24.3 Å². The number of hydrogen-bond donors (Lipinski definition) is 1. The number of carbonyl (C=O) groups is 2. The van der Waals surface area contributed by atoms with Crippen molar-refractivity contribution < 1.29 is 9.59 Å². The van der Waals surface area contributed by atoms with Crippen LogP contribution in [0.3, 0.4) is 0 Å². The van der Waals surface area contributed by atoms with E-state index in [2.05, 4.69) is 43.1 Å². The maximum Gasteiger partial charge on any atom is 0.253 e.